The Hall–Kier alpha value is -2.06. The molecule has 0 saturated heterocycles. The minimum absolute atomic E-state index is 0.118. The van der Waals surface area contributed by atoms with Crippen molar-refractivity contribution in [3.05, 3.63) is 35.4 Å². The monoisotopic (exact) mass is 353 g/mol. The fraction of sp³-hybridized carbons (Fsp3) is 0.450. The van der Waals surface area contributed by atoms with Crippen molar-refractivity contribution in [1.29, 1.82) is 5.26 Å². The van der Waals surface area contributed by atoms with Crippen LogP contribution in [0.4, 0.5) is 0 Å². The summed E-state index contributed by atoms with van der Waals surface area (Å²) in [5.41, 5.74) is 2.54. The van der Waals surface area contributed by atoms with Crippen molar-refractivity contribution in [2.24, 2.45) is 0 Å². The van der Waals surface area contributed by atoms with E-state index in [4.69, 9.17) is 0 Å². The molecule has 5 heteroatoms. The number of hydrogen-bond acceptors (Lipinski definition) is 4. The standard InChI is InChI=1S/C20H23N3OS/c1-14-8-9-15-11-16(12-21)20(22-18(15)10-14)25-13-19(24)23(2)17-6-4-3-5-7-17/h8-11,17H,3-7,13H2,1-2H3. The van der Waals surface area contributed by atoms with Crippen molar-refractivity contribution in [3.8, 4) is 6.07 Å². The lowest BCUT2D eigenvalue weighted by molar-refractivity contribution is -0.129. The summed E-state index contributed by atoms with van der Waals surface area (Å²) in [5.74, 6) is 0.443. The van der Waals surface area contributed by atoms with Crippen LogP contribution in [-0.2, 0) is 4.79 Å². The number of benzene rings is 1. The number of carbonyl (C=O) groups is 1. The third-order valence-electron chi connectivity index (χ3n) is 4.91. The van der Waals surface area contributed by atoms with Gasteiger partial charge in [0, 0.05) is 18.5 Å². The van der Waals surface area contributed by atoms with Crippen molar-refractivity contribution >= 4 is 28.6 Å². The first-order chi connectivity index (χ1) is 12.1. The van der Waals surface area contributed by atoms with Crippen LogP contribution in [0.2, 0.25) is 0 Å². The Balaban J connectivity index is 1.73. The summed E-state index contributed by atoms with van der Waals surface area (Å²) >= 11 is 1.37. The van der Waals surface area contributed by atoms with Crippen LogP contribution in [0.25, 0.3) is 10.9 Å². The van der Waals surface area contributed by atoms with E-state index < -0.39 is 0 Å². The number of hydrogen-bond donors (Lipinski definition) is 0. The number of aromatic nitrogens is 1. The minimum Gasteiger partial charge on any atom is -0.342 e. The first-order valence-electron chi connectivity index (χ1n) is 8.78. The van der Waals surface area contributed by atoms with Gasteiger partial charge >= 0.3 is 0 Å². The minimum atomic E-state index is 0.118. The first-order valence-corrected chi connectivity index (χ1v) is 9.77. The van der Waals surface area contributed by atoms with Crippen LogP contribution in [0.5, 0.6) is 0 Å². The van der Waals surface area contributed by atoms with Gasteiger partial charge < -0.3 is 4.90 Å². The number of thioether (sulfide) groups is 1. The van der Waals surface area contributed by atoms with Crippen LogP contribution in [0.15, 0.2) is 29.3 Å². The molecular formula is C20H23N3OS. The molecule has 4 nitrogen and oxygen atoms in total. The molecule has 1 aromatic heterocycles. The average molecular weight is 353 g/mol. The number of carbonyl (C=O) groups excluding carboxylic acids is 1. The zero-order valence-electron chi connectivity index (χ0n) is 14.8. The van der Waals surface area contributed by atoms with Crippen LogP contribution >= 0.6 is 11.8 Å². The van der Waals surface area contributed by atoms with Crippen LogP contribution in [-0.4, -0.2) is 34.6 Å². The number of amides is 1. The number of pyridine rings is 1. The van der Waals surface area contributed by atoms with Gasteiger partial charge in [-0.2, -0.15) is 5.26 Å². The smallest absolute Gasteiger partial charge is 0.232 e. The van der Waals surface area contributed by atoms with E-state index in [1.807, 2.05) is 43.1 Å². The highest BCUT2D eigenvalue weighted by Crippen LogP contribution is 2.27. The second kappa shape index (κ2) is 7.88. The number of nitrogens with zero attached hydrogens (tertiary/aromatic N) is 3. The predicted octanol–water partition coefficient (Wildman–Crippen LogP) is 4.30. The van der Waals surface area contributed by atoms with Gasteiger partial charge in [0.05, 0.1) is 16.8 Å². The summed E-state index contributed by atoms with van der Waals surface area (Å²) < 4.78 is 0. The van der Waals surface area contributed by atoms with Gasteiger partial charge in [0.1, 0.15) is 11.1 Å². The largest absolute Gasteiger partial charge is 0.342 e. The van der Waals surface area contributed by atoms with Crippen LogP contribution < -0.4 is 0 Å². The summed E-state index contributed by atoms with van der Waals surface area (Å²) in [6.07, 6.45) is 5.89. The van der Waals surface area contributed by atoms with E-state index in [0.29, 0.717) is 22.4 Å². The second-order valence-corrected chi connectivity index (χ2v) is 7.70. The lowest BCUT2D eigenvalue weighted by Gasteiger charge is -2.31. The predicted molar refractivity (Wildman–Crippen MR) is 102 cm³/mol. The maximum absolute atomic E-state index is 12.5. The van der Waals surface area contributed by atoms with Crippen molar-refractivity contribution in [2.75, 3.05) is 12.8 Å². The molecule has 0 unspecified atom stereocenters. The number of aryl methyl sites for hydroxylation is 1. The Labute approximate surface area is 153 Å². The maximum atomic E-state index is 12.5. The zero-order valence-corrected chi connectivity index (χ0v) is 15.6. The Kier molecular flexibility index (Phi) is 5.60. The molecule has 1 saturated carbocycles. The van der Waals surface area contributed by atoms with E-state index >= 15 is 0 Å². The second-order valence-electron chi connectivity index (χ2n) is 6.73. The molecule has 1 amide bonds. The zero-order chi connectivity index (χ0) is 17.8. The third kappa shape index (κ3) is 4.13. The summed E-state index contributed by atoms with van der Waals surface area (Å²) in [6, 6.07) is 10.4. The number of rotatable bonds is 4. The molecule has 1 aromatic carbocycles. The maximum Gasteiger partial charge on any atom is 0.232 e. The number of fused-ring (bicyclic) bond motifs is 1. The van der Waals surface area contributed by atoms with Gasteiger partial charge in [0.2, 0.25) is 5.91 Å². The quantitative estimate of drug-likeness (QED) is 0.769. The van der Waals surface area contributed by atoms with E-state index in [2.05, 4.69) is 11.1 Å². The van der Waals surface area contributed by atoms with Crippen molar-refractivity contribution in [1.82, 2.24) is 9.88 Å². The van der Waals surface area contributed by atoms with Crippen molar-refractivity contribution < 1.29 is 4.79 Å². The SMILES string of the molecule is Cc1ccc2cc(C#N)c(SCC(=O)N(C)C3CCCCC3)nc2c1. The molecular weight excluding hydrogens is 330 g/mol. The van der Waals surface area contributed by atoms with Gasteiger partial charge in [-0.15, -0.1) is 0 Å². The Morgan fingerprint density at radius 1 is 1.32 bits per heavy atom. The number of nitriles is 1. The molecule has 0 atom stereocenters. The van der Waals surface area contributed by atoms with Gasteiger partial charge in [-0.25, -0.2) is 4.98 Å². The lowest BCUT2D eigenvalue weighted by Crippen LogP contribution is -2.39. The molecule has 0 N–H and O–H groups in total. The summed E-state index contributed by atoms with van der Waals surface area (Å²) in [4.78, 5) is 19.0. The van der Waals surface area contributed by atoms with Crippen LogP contribution in [0, 0.1) is 18.3 Å². The van der Waals surface area contributed by atoms with E-state index in [1.54, 1.807) is 0 Å². The third-order valence-corrected chi connectivity index (χ3v) is 5.88. The van der Waals surface area contributed by atoms with E-state index in [9.17, 15) is 10.1 Å². The molecule has 3 rings (SSSR count). The normalized spacial score (nSPS) is 15.1. The molecule has 1 heterocycles. The molecule has 25 heavy (non-hydrogen) atoms. The van der Waals surface area contributed by atoms with Gasteiger partial charge in [-0.05, 0) is 37.5 Å². The Morgan fingerprint density at radius 2 is 2.08 bits per heavy atom. The van der Waals surface area contributed by atoms with Crippen LogP contribution in [0.3, 0.4) is 0 Å². The molecule has 0 spiro atoms. The van der Waals surface area contributed by atoms with Crippen molar-refractivity contribution in [3.63, 3.8) is 0 Å². The first kappa shape index (κ1) is 17.8. The summed E-state index contributed by atoms with van der Waals surface area (Å²) in [5, 5.41) is 11.0. The highest BCUT2D eigenvalue weighted by Gasteiger charge is 2.22. The fourth-order valence-corrected chi connectivity index (χ4v) is 4.24. The Bertz CT molecular complexity index is 822. The topological polar surface area (TPSA) is 57.0 Å². The molecule has 0 aliphatic heterocycles. The molecule has 1 aliphatic rings. The van der Waals surface area contributed by atoms with E-state index in [-0.39, 0.29) is 5.91 Å². The average Bonchev–Trinajstić information content (AvgIpc) is 2.65. The highest BCUT2D eigenvalue weighted by molar-refractivity contribution is 8.00. The molecule has 1 aliphatic carbocycles. The summed E-state index contributed by atoms with van der Waals surface area (Å²) in [6.45, 7) is 2.02. The fourth-order valence-electron chi connectivity index (χ4n) is 3.35. The van der Waals surface area contributed by atoms with Crippen molar-refractivity contribution in [2.45, 2.75) is 50.1 Å². The van der Waals surface area contributed by atoms with Crippen LogP contribution in [0.1, 0.15) is 43.2 Å². The molecule has 1 fully saturated rings. The molecule has 130 valence electrons. The van der Waals surface area contributed by atoms with E-state index in [0.717, 1.165) is 29.3 Å². The van der Waals surface area contributed by atoms with Gasteiger partial charge in [-0.3, -0.25) is 4.79 Å². The molecule has 0 radical (unpaired) electrons. The van der Waals surface area contributed by atoms with Gasteiger partial charge in [0.25, 0.3) is 0 Å². The molecule has 0 bridgehead atoms. The molecule has 2 aromatic rings. The lowest BCUT2D eigenvalue weighted by atomic mass is 9.94. The summed E-state index contributed by atoms with van der Waals surface area (Å²) in [7, 11) is 1.90. The Morgan fingerprint density at radius 3 is 2.80 bits per heavy atom. The van der Waals surface area contributed by atoms with Gasteiger partial charge in [0.15, 0.2) is 0 Å². The van der Waals surface area contributed by atoms with Gasteiger partial charge in [-0.1, -0.05) is 43.2 Å². The highest BCUT2D eigenvalue weighted by atomic mass is 32.2. The van der Waals surface area contributed by atoms with E-state index in [1.165, 1.54) is 31.0 Å².